The monoisotopic (exact) mass is 341 g/mol. The van der Waals surface area contributed by atoms with E-state index in [1.54, 1.807) is 0 Å². The molecule has 0 bridgehead atoms. The van der Waals surface area contributed by atoms with Gasteiger partial charge >= 0.3 is 11.9 Å². The highest BCUT2D eigenvalue weighted by atomic mass is 19.4. The van der Waals surface area contributed by atoms with Gasteiger partial charge in [0.2, 0.25) is 0 Å². The molecule has 7 heteroatoms. The Bertz CT molecular complexity index is 786. The van der Waals surface area contributed by atoms with Crippen molar-refractivity contribution >= 4 is 5.52 Å². The van der Waals surface area contributed by atoms with Crippen molar-refractivity contribution in [1.29, 1.82) is 0 Å². The molecule has 1 N–H and O–H groups in total. The van der Waals surface area contributed by atoms with E-state index in [-0.39, 0.29) is 5.52 Å². The number of hydrogen-bond acceptors (Lipinski definition) is 2. The van der Waals surface area contributed by atoms with Gasteiger partial charge in [-0.3, -0.25) is 9.30 Å². The molecular weight excluding hydrogens is 319 g/mol. The molecule has 1 saturated carbocycles. The Hall–Kier alpha value is -1.76. The lowest BCUT2D eigenvalue weighted by Crippen LogP contribution is -2.22. The molecule has 0 atom stereocenters. The quantitative estimate of drug-likeness (QED) is 0.906. The lowest BCUT2D eigenvalue weighted by molar-refractivity contribution is -0.136. The average molecular weight is 341 g/mol. The number of pyridine rings is 1. The standard InChI is InChI=1S/C15H16F3N3O.C2H6/c16-15(17,18)11-5-10(8-21-12(11)6-19-13(21)22)7-20-4-3-14(9-20)1-2-14;1-2/h5-6,8H,1-4,7,9H2,(H,19,22);1-2H3. The predicted octanol–water partition coefficient (Wildman–Crippen LogP) is 3.66. The van der Waals surface area contributed by atoms with Crippen molar-refractivity contribution in [2.45, 2.75) is 45.8 Å². The maximum atomic E-state index is 13.2. The summed E-state index contributed by atoms with van der Waals surface area (Å²) in [6.07, 6.45) is 1.75. The van der Waals surface area contributed by atoms with Crippen LogP contribution in [0.3, 0.4) is 0 Å². The van der Waals surface area contributed by atoms with Gasteiger partial charge in [0.1, 0.15) is 0 Å². The van der Waals surface area contributed by atoms with Gasteiger partial charge < -0.3 is 4.98 Å². The zero-order valence-corrected chi connectivity index (χ0v) is 13.9. The zero-order valence-electron chi connectivity index (χ0n) is 13.9. The molecule has 4 nitrogen and oxygen atoms in total. The lowest BCUT2D eigenvalue weighted by atomic mass is 10.1. The van der Waals surface area contributed by atoms with E-state index >= 15 is 0 Å². The lowest BCUT2D eigenvalue weighted by Gasteiger charge is -2.17. The number of likely N-dealkylation sites (tertiary alicyclic amines) is 1. The van der Waals surface area contributed by atoms with E-state index in [9.17, 15) is 18.0 Å². The third kappa shape index (κ3) is 3.09. The zero-order chi connectivity index (χ0) is 17.5. The molecule has 3 heterocycles. The molecule has 0 unspecified atom stereocenters. The molecule has 2 fully saturated rings. The van der Waals surface area contributed by atoms with Crippen molar-refractivity contribution in [3.63, 3.8) is 0 Å². The summed E-state index contributed by atoms with van der Waals surface area (Å²) in [7, 11) is 0. The van der Waals surface area contributed by atoms with Gasteiger partial charge in [0.25, 0.3) is 0 Å². The van der Waals surface area contributed by atoms with Crippen molar-refractivity contribution < 1.29 is 13.2 Å². The predicted molar refractivity (Wildman–Crippen MR) is 85.9 cm³/mol. The van der Waals surface area contributed by atoms with Crippen LogP contribution in [0.5, 0.6) is 0 Å². The van der Waals surface area contributed by atoms with Crippen LogP contribution in [-0.2, 0) is 12.7 Å². The largest absolute Gasteiger partial charge is 0.418 e. The molecule has 2 aliphatic rings. The minimum absolute atomic E-state index is 0.124. The molecule has 1 saturated heterocycles. The summed E-state index contributed by atoms with van der Waals surface area (Å²) in [5.74, 6) is 0. The maximum Gasteiger partial charge on any atom is 0.418 e. The van der Waals surface area contributed by atoms with Crippen LogP contribution in [0.4, 0.5) is 13.2 Å². The van der Waals surface area contributed by atoms with Gasteiger partial charge in [-0.1, -0.05) is 13.8 Å². The van der Waals surface area contributed by atoms with E-state index in [0.29, 0.717) is 17.5 Å². The number of nitrogens with zero attached hydrogens (tertiary/aromatic N) is 2. The van der Waals surface area contributed by atoms with Gasteiger partial charge in [-0.05, 0) is 42.9 Å². The number of H-pyrrole nitrogens is 1. The second-order valence-corrected chi connectivity index (χ2v) is 6.57. The smallest absolute Gasteiger partial charge is 0.312 e. The van der Waals surface area contributed by atoms with Gasteiger partial charge in [-0.15, -0.1) is 0 Å². The Labute approximate surface area is 138 Å². The van der Waals surface area contributed by atoms with Gasteiger partial charge in [-0.25, -0.2) is 4.79 Å². The minimum Gasteiger partial charge on any atom is -0.312 e. The first-order chi connectivity index (χ1) is 11.4. The number of nitrogens with one attached hydrogen (secondary N) is 1. The Morgan fingerprint density at radius 2 is 1.96 bits per heavy atom. The number of imidazole rings is 1. The molecule has 1 aliphatic carbocycles. The third-order valence-electron chi connectivity index (χ3n) is 4.90. The Balaban J connectivity index is 0.000000815. The van der Waals surface area contributed by atoms with Gasteiger partial charge in [0.05, 0.1) is 11.1 Å². The first-order valence-electron chi connectivity index (χ1n) is 8.39. The van der Waals surface area contributed by atoms with Crippen LogP contribution in [0, 0.1) is 5.41 Å². The number of hydrogen-bond donors (Lipinski definition) is 1. The topological polar surface area (TPSA) is 40.5 Å². The highest BCUT2D eigenvalue weighted by Gasteiger charge is 2.47. The van der Waals surface area contributed by atoms with E-state index in [1.807, 2.05) is 13.8 Å². The maximum absolute atomic E-state index is 13.2. The minimum atomic E-state index is -4.47. The highest BCUT2D eigenvalue weighted by molar-refractivity contribution is 5.55. The molecule has 0 aromatic carbocycles. The van der Waals surface area contributed by atoms with Crippen molar-refractivity contribution in [1.82, 2.24) is 14.3 Å². The molecule has 2 aromatic rings. The summed E-state index contributed by atoms with van der Waals surface area (Å²) >= 11 is 0. The Kier molecular flexibility index (Phi) is 4.23. The summed E-state index contributed by atoms with van der Waals surface area (Å²) in [4.78, 5) is 16.2. The van der Waals surface area contributed by atoms with Crippen LogP contribution >= 0.6 is 0 Å². The van der Waals surface area contributed by atoms with Crippen LogP contribution in [0.1, 0.15) is 44.2 Å². The molecule has 132 valence electrons. The first-order valence-corrected chi connectivity index (χ1v) is 8.39. The van der Waals surface area contributed by atoms with Gasteiger partial charge in [-0.2, -0.15) is 13.2 Å². The highest BCUT2D eigenvalue weighted by Crippen LogP contribution is 2.52. The third-order valence-corrected chi connectivity index (χ3v) is 4.90. The number of halogens is 3. The number of rotatable bonds is 2. The van der Waals surface area contributed by atoms with Crippen LogP contribution in [-0.4, -0.2) is 27.4 Å². The summed E-state index contributed by atoms with van der Waals surface area (Å²) in [6.45, 7) is 6.33. The summed E-state index contributed by atoms with van der Waals surface area (Å²) in [5, 5.41) is 0. The van der Waals surface area contributed by atoms with Crippen molar-refractivity contribution in [3.8, 4) is 0 Å². The average Bonchev–Trinajstić information content (AvgIpc) is 3.03. The van der Waals surface area contributed by atoms with Gasteiger partial charge in [0, 0.05) is 25.5 Å². The van der Waals surface area contributed by atoms with E-state index in [2.05, 4.69) is 9.88 Å². The van der Waals surface area contributed by atoms with E-state index in [1.165, 1.54) is 25.1 Å². The van der Waals surface area contributed by atoms with Crippen LogP contribution in [0.25, 0.3) is 5.52 Å². The molecule has 2 aromatic heterocycles. The fraction of sp³-hybridized carbons (Fsp3) is 0.588. The molecular formula is C17H22F3N3O. The molecule has 0 amide bonds. The second kappa shape index (κ2) is 5.95. The fourth-order valence-corrected chi connectivity index (χ4v) is 3.50. The summed E-state index contributed by atoms with van der Waals surface area (Å²) < 4.78 is 40.7. The van der Waals surface area contributed by atoms with E-state index in [0.717, 1.165) is 30.1 Å². The number of alkyl halides is 3. The van der Waals surface area contributed by atoms with Crippen LogP contribution < -0.4 is 5.69 Å². The van der Waals surface area contributed by atoms with Gasteiger partial charge in [0.15, 0.2) is 0 Å². The second-order valence-electron chi connectivity index (χ2n) is 6.57. The molecule has 0 radical (unpaired) electrons. The van der Waals surface area contributed by atoms with Crippen LogP contribution in [0.2, 0.25) is 0 Å². The molecule has 1 aliphatic heterocycles. The van der Waals surface area contributed by atoms with Crippen LogP contribution in [0.15, 0.2) is 23.3 Å². The fourth-order valence-electron chi connectivity index (χ4n) is 3.50. The number of aromatic nitrogens is 2. The SMILES string of the molecule is CC.O=c1[nH]cc2c(C(F)(F)F)cc(CN3CCC4(CC4)C3)cn12. The Morgan fingerprint density at radius 1 is 1.25 bits per heavy atom. The number of aromatic amines is 1. The van der Waals surface area contributed by atoms with Crippen molar-refractivity contribution in [3.05, 3.63) is 40.1 Å². The molecule has 4 rings (SSSR count). The molecule has 24 heavy (non-hydrogen) atoms. The van der Waals surface area contributed by atoms with Crippen molar-refractivity contribution in [2.75, 3.05) is 13.1 Å². The summed E-state index contributed by atoms with van der Waals surface area (Å²) in [6, 6.07) is 1.17. The number of fused-ring (bicyclic) bond motifs is 1. The van der Waals surface area contributed by atoms with E-state index < -0.39 is 17.4 Å². The van der Waals surface area contributed by atoms with E-state index in [4.69, 9.17) is 0 Å². The first kappa shape index (κ1) is 17.1. The molecule has 1 spiro atoms. The summed E-state index contributed by atoms with van der Waals surface area (Å²) in [5.41, 5.74) is -0.464. The Morgan fingerprint density at radius 3 is 2.54 bits per heavy atom. The van der Waals surface area contributed by atoms with Crippen molar-refractivity contribution in [2.24, 2.45) is 5.41 Å². The normalized spacial score (nSPS) is 19.5.